The first-order valence-corrected chi connectivity index (χ1v) is 9.86. The quantitative estimate of drug-likeness (QED) is 0.705. The van der Waals surface area contributed by atoms with Crippen LogP contribution in [-0.2, 0) is 13.0 Å². The van der Waals surface area contributed by atoms with Gasteiger partial charge in [-0.05, 0) is 47.9 Å². The molecule has 2 heterocycles. The molecule has 2 aromatic carbocycles. The zero-order valence-corrected chi connectivity index (χ0v) is 16.7. The molecule has 0 atom stereocenters. The van der Waals surface area contributed by atoms with Crippen LogP contribution < -0.4 is 14.2 Å². The monoisotopic (exact) mass is 394 g/mol. The average molecular weight is 394 g/mol. The van der Waals surface area contributed by atoms with E-state index < -0.39 is 0 Å². The fraction of sp³-hybridized carbons (Fsp3) is 0.348. The van der Waals surface area contributed by atoms with Gasteiger partial charge in [0, 0.05) is 38.3 Å². The number of hydrogen-bond donors (Lipinski definition) is 0. The molecule has 1 saturated heterocycles. The highest BCUT2D eigenvalue weighted by Gasteiger charge is 2.23. The van der Waals surface area contributed by atoms with E-state index in [1.54, 1.807) is 7.11 Å². The van der Waals surface area contributed by atoms with Crippen molar-refractivity contribution in [1.82, 2.24) is 9.80 Å². The Morgan fingerprint density at radius 1 is 1.10 bits per heavy atom. The van der Waals surface area contributed by atoms with Gasteiger partial charge in [0.1, 0.15) is 5.75 Å². The maximum atomic E-state index is 13.0. The topological polar surface area (TPSA) is 51.2 Å². The van der Waals surface area contributed by atoms with E-state index >= 15 is 0 Å². The van der Waals surface area contributed by atoms with Crippen molar-refractivity contribution in [2.75, 3.05) is 40.1 Å². The van der Waals surface area contributed by atoms with Crippen LogP contribution in [0.2, 0.25) is 0 Å². The van der Waals surface area contributed by atoms with Gasteiger partial charge in [-0.1, -0.05) is 12.1 Å². The van der Waals surface area contributed by atoms with Gasteiger partial charge in [0.15, 0.2) is 11.5 Å². The second-order valence-corrected chi connectivity index (χ2v) is 7.28. The Kier molecular flexibility index (Phi) is 5.71. The molecule has 2 aliphatic rings. The lowest BCUT2D eigenvalue weighted by atomic mass is 10.1. The average Bonchev–Trinajstić information content (AvgIpc) is 3.22. The molecule has 6 nitrogen and oxygen atoms in total. The molecular formula is C23H26N2O4. The lowest BCUT2D eigenvalue weighted by Crippen LogP contribution is -2.48. The molecule has 4 rings (SSSR count). The van der Waals surface area contributed by atoms with Crippen molar-refractivity contribution in [3.05, 3.63) is 65.7 Å². The molecule has 1 fully saturated rings. The fourth-order valence-electron chi connectivity index (χ4n) is 3.82. The van der Waals surface area contributed by atoms with Crippen LogP contribution >= 0.6 is 0 Å². The summed E-state index contributed by atoms with van der Waals surface area (Å²) >= 11 is 0. The minimum Gasteiger partial charge on any atom is -0.496 e. The van der Waals surface area contributed by atoms with Crippen molar-refractivity contribution in [1.29, 1.82) is 0 Å². The van der Waals surface area contributed by atoms with Crippen LogP contribution in [0.5, 0.6) is 17.2 Å². The SMILES string of the molecule is C=CCc1cc(C(=O)N2CCN(Cc3ccc4c(c3)OCO4)CC2)ccc1OC. The summed E-state index contributed by atoms with van der Waals surface area (Å²) in [4.78, 5) is 17.2. The summed E-state index contributed by atoms with van der Waals surface area (Å²) in [5.41, 5.74) is 2.87. The largest absolute Gasteiger partial charge is 0.496 e. The molecule has 0 saturated carbocycles. The summed E-state index contributed by atoms with van der Waals surface area (Å²) in [7, 11) is 1.64. The van der Waals surface area contributed by atoms with Gasteiger partial charge in [-0.25, -0.2) is 0 Å². The number of allylic oxidation sites excluding steroid dienone is 1. The van der Waals surface area contributed by atoms with E-state index in [1.807, 2.05) is 41.3 Å². The van der Waals surface area contributed by atoms with E-state index in [2.05, 4.69) is 17.5 Å². The van der Waals surface area contributed by atoms with E-state index in [1.165, 1.54) is 5.56 Å². The van der Waals surface area contributed by atoms with Crippen molar-refractivity contribution in [3.8, 4) is 17.2 Å². The third-order valence-electron chi connectivity index (χ3n) is 5.39. The molecule has 0 spiro atoms. The van der Waals surface area contributed by atoms with Gasteiger partial charge in [-0.15, -0.1) is 6.58 Å². The minimum atomic E-state index is 0.0701. The third kappa shape index (κ3) is 4.22. The standard InChI is InChI=1S/C23H26N2O4/c1-3-4-18-14-19(6-8-20(18)27-2)23(26)25-11-9-24(10-12-25)15-17-5-7-21-22(13-17)29-16-28-21/h3,5-8,13-14H,1,4,9-12,15-16H2,2H3. The number of fused-ring (bicyclic) bond motifs is 1. The van der Waals surface area contributed by atoms with Crippen molar-refractivity contribution in [2.24, 2.45) is 0 Å². The Balaban J connectivity index is 1.36. The van der Waals surface area contributed by atoms with E-state index in [4.69, 9.17) is 14.2 Å². The maximum Gasteiger partial charge on any atom is 0.253 e. The summed E-state index contributed by atoms with van der Waals surface area (Å²) in [5, 5.41) is 0. The number of hydrogen-bond acceptors (Lipinski definition) is 5. The number of amides is 1. The molecule has 2 aliphatic heterocycles. The summed E-state index contributed by atoms with van der Waals surface area (Å²) in [6.45, 7) is 8.03. The van der Waals surface area contributed by atoms with Crippen molar-refractivity contribution < 1.29 is 19.0 Å². The van der Waals surface area contributed by atoms with E-state index in [-0.39, 0.29) is 5.91 Å². The highest BCUT2D eigenvalue weighted by atomic mass is 16.7. The third-order valence-corrected chi connectivity index (χ3v) is 5.39. The van der Waals surface area contributed by atoms with E-state index in [0.29, 0.717) is 31.9 Å². The number of piperazine rings is 1. The zero-order chi connectivity index (χ0) is 20.2. The number of carbonyl (C=O) groups excluding carboxylic acids is 1. The van der Waals surface area contributed by atoms with E-state index in [0.717, 1.165) is 42.4 Å². The summed E-state index contributed by atoms with van der Waals surface area (Å²) in [6, 6.07) is 11.7. The van der Waals surface area contributed by atoms with Gasteiger partial charge in [-0.2, -0.15) is 0 Å². The predicted octanol–water partition coefficient (Wildman–Crippen LogP) is 3.11. The second-order valence-electron chi connectivity index (χ2n) is 7.28. The number of benzene rings is 2. The number of methoxy groups -OCH3 is 1. The van der Waals surface area contributed by atoms with Crippen LogP contribution in [0, 0.1) is 0 Å². The van der Waals surface area contributed by atoms with Crippen molar-refractivity contribution in [3.63, 3.8) is 0 Å². The van der Waals surface area contributed by atoms with Crippen LogP contribution in [0.4, 0.5) is 0 Å². The number of nitrogens with zero attached hydrogens (tertiary/aromatic N) is 2. The Hall–Kier alpha value is -2.99. The van der Waals surface area contributed by atoms with Crippen LogP contribution in [-0.4, -0.2) is 55.8 Å². The number of ether oxygens (including phenoxy) is 3. The molecule has 0 radical (unpaired) electrons. The lowest BCUT2D eigenvalue weighted by Gasteiger charge is -2.35. The Bertz CT molecular complexity index is 904. The fourth-order valence-corrected chi connectivity index (χ4v) is 3.82. The second kappa shape index (κ2) is 8.57. The van der Waals surface area contributed by atoms with Crippen LogP contribution in [0.3, 0.4) is 0 Å². The van der Waals surface area contributed by atoms with Crippen LogP contribution in [0.1, 0.15) is 21.5 Å². The summed E-state index contributed by atoms with van der Waals surface area (Å²) < 4.78 is 16.2. The molecule has 0 N–H and O–H groups in total. The first kappa shape index (κ1) is 19.3. The number of carbonyl (C=O) groups is 1. The zero-order valence-electron chi connectivity index (χ0n) is 16.7. The molecule has 152 valence electrons. The molecule has 6 heteroatoms. The van der Waals surface area contributed by atoms with E-state index in [9.17, 15) is 4.79 Å². The van der Waals surface area contributed by atoms with Gasteiger partial charge >= 0.3 is 0 Å². The summed E-state index contributed by atoms with van der Waals surface area (Å²) in [6.07, 6.45) is 2.49. The minimum absolute atomic E-state index is 0.0701. The lowest BCUT2D eigenvalue weighted by molar-refractivity contribution is 0.0628. The molecular weight excluding hydrogens is 368 g/mol. The Labute approximate surface area is 171 Å². The predicted molar refractivity (Wildman–Crippen MR) is 111 cm³/mol. The first-order valence-electron chi connectivity index (χ1n) is 9.86. The van der Waals surface area contributed by atoms with Crippen molar-refractivity contribution >= 4 is 5.91 Å². The summed E-state index contributed by atoms with van der Waals surface area (Å²) in [5.74, 6) is 2.47. The van der Waals surface area contributed by atoms with Gasteiger partial charge in [-0.3, -0.25) is 9.69 Å². The highest BCUT2D eigenvalue weighted by Crippen LogP contribution is 2.33. The smallest absolute Gasteiger partial charge is 0.253 e. The molecule has 0 aromatic heterocycles. The molecule has 0 aliphatic carbocycles. The van der Waals surface area contributed by atoms with Crippen LogP contribution in [0.15, 0.2) is 49.1 Å². The maximum absolute atomic E-state index is 13.0. The molecule has 0 bridgehead atoms. The number of rotatable bonds is 6. The van der Waals surface area contributed by atoms with Gasteiger partial charge in [0.2, 0.25) is 6.79 Å². The van der Waals surface area contributed by atoms with Gasteiger partial charge in [0.25, 0.3) is 5.91 Å². The Morgan fingerprint density at radius 3 is 2.66 bits per heavy atom. The highest BCUT2D eigenvalue weighted by molar-refractivity contribution is 5.94. The van der Waals surface area contributed by atoms with Gasteiger partial charge < -0.3 is 19.1 Å². The molecule has 1 amide bonds. The Morgan fingerprint density at radius 2 is 1.90 bits per heavy atom. The van der Waals surface area contributed by atoms with Gasteiger partial charge in [0.05, 0.1) is 7.11 Å². The molecule has 2 aromatic rings. The van der Waals surface area contributed by atoms with Crippen molar-refractivity contribution in [2.45, 2.75) is 13.0 Å². The normalized spacial score (nSPS) is 16.0. The molecule has 0 unspecified atom stereocenters. The first-order chi connectivity index (χ1) is 14.2. The van der Waals surface area contributed by atoms with Crippen LogP contribution in [0.25, 0.3) is 0 Å². The molecule has 29 heavy (non-hydrogen) atoms.